The van der Waals surface area contributed by atoms with Crippen molar-refractivity contribution in [1.82, 2.24) is 0 Å². The Morgan fingerprint density at radius 1 is 1.21 bits per heavy atom. The minimum Gasteiger partial charge on any atom is -0.490 e. The molecule has 0 saturated heterocycles. The van der Waals surface area contributed by atoms with Crippen molar-refractivity contribution in [2.45, 2.75) is 45.3 Å². The minimum absolute atomic E-state index is 0.122. The summed E-state index contributed by atoms with van der Waals surface area (Å²) in [5.74, 6) is 2.27. The van der Waals surface area contributed by atoms with Crippen molar-refractivity contribution in [1.29, 1.82) is 0 Å². The van der Waals surface area contributed by atoms with Crippen LogP contribution in [-0.2, 0) is 0 Å². The van der Waals surface area contributed by atoms with Gasteiger partial charge in [-0.1, -0.05) is 36.8 Å². The van der Waals surface area contributed by atoms with E-state index in [4.69, 9.17) is 10.5 Å². The molecule has 4 atom stereocenters. The molecule has 0 fully saturated rings. The van der Waals surface area contributed by atoms with Crippen molar-refractivity contribution < 1.29 is 4.74 Å². The summed E-state index contributed by atoms with van der Waals surface area (Å²) in [4.78, 5) is 0. The Kier molecular flexibility index (Phi) is 3.36. The van der Waals surface area contributed by atoms with Gasteiger partial charge >= 0.3 is 0 Å². The number of nitrogens with two attached hydrogens (primary N) is 1. The van der Waals surface area contributed by atoms with Crippen molar-refractivity contribution in [2.24, 2.45) is 17.6 Å². The minimum atomic E-state index is 0.122. The molecule has 0 radical (unpaired) electrons. The molecule has 1 aliphatic heterocycles. The Morgan fingerprint density at radius 2 is 2.00 bits per heavy atom. The fourth-order valence-electron chi connectivity index (χ4n) is 3.65. The molecular weight excluding hydrogens is 234 g/mol. The molecule has 1 aromatic rings. The maximum atomic E-state index is 6.32. The van der Waals surface area contributed by atoms with Gasteiger partial charge in [-0.05, 0) is 31.7 Å². The Bertz CT molecular complexity index is 494. The van der Waals surface area contributed by atoms with Gasteiger partial charge in [0.15, 0.2) is 0 Å². The van der Waals surface area contributed by atoms with Crippen molar-refractivity contribution in [3.05, 3.63) is 41.5 Å². The molecular formula is C17H23NO. The number of para-hydroxylation sites is 1. The van der Waals surface area contributed by atoms with Crippen LogP contribution in [0.5, 0.6) is 5.75 Å². The summed E-state index contributed by atoms with van der Waals surface area (Å²) < 4.78 is 6.23. The third-order valence-electron chi connectivity index (χ3n) is 4.44. The molecule has 3 rings (SSSR count). The van der Waals surface area contributed by atoms with Crippen LogP contribution in [0.25, 0.3) is 0 Å². The van der Waals surface area contributed by atoms with Gasteiger partial charge in [0.25, 0.3) is 0 Å². The zero-order chi connectivity index (χ0) is 13.4. The van der Waals surface area contributed by atoms with E-state index < -0.39 is 0 Å². The Balaban J connectivity index is 1.80. The van der Waals surface area contributed by atoms with E-state index in [0.29, 0.717) is 11.8 Å². The quantitative estimate of drug-likeness (QED) is 0.776. The maximum absolute atomic E-state index is 6.32. The van der Waals surface area contributed by atoms with Crippen LogP contribution < -0.4 is 10.5 Å². The van der Waals surface area contributed by atoms with Crippen molar-refractivity contribution >= 4 is 0 Å². The summed E-state index contributed by atoms with van der Waals surface area (Å²) in [6, 6.07) is 8.33. The van der Waals surface area contributed by atoms with Gasteiger partial charge in [0, 0.05) is 23.9 Å². The van der Waals surface area contributed by atoms with Crippen LogP contribution in [0.3, 0.4) is 0 Å². The van der Waals surface area contributed by atoms with Gasteiger partial charge in [0.2, 0.25) is 0 Å². The van der Waals surface area contributed by atoms with E-state index in [0.717, 1.165) is 24.2 Å². The smallest absolute Gasteiger partial charge is 0.124 e. The number of benzene rings is 1. The van der Waals surface area contributed by atoms with E-state index in [1.165, 1.54) is 12.0 Å². The second-order valence-electron chi connectivity index (χ2n) is 6.23. The average molecular weight is 257 g/mol. The van der Waals surface area contributed by atoms with Crippen LogP contribution in [0.15, 0.2) is 35.9 Å². The van der Waals surface area contributed by atoms with E-state index in [2.05, 4.69) is 32.1 Å². The number of hydrogen-bond acceptors (Lipinski definition) is 2. The number of rotatable bonds is 1. The third-order valence-corrected chi connectivity index (χ3v) is 4.44. The molecule has 1 aromatic carbocycles. The van der Waals surface area contributed by atoms with Crippen LogP contribution in [-0.4, -0.2) is 6.10 Å². The van der Waals surface area contributed by atoms with Gasteiger partial charge in [0.05, 0.1) is 0 Å². The molecule has 19 heavy (non-hydrogen) atoms. The molecule has 1 heterocycles. The van der Waals surface area contributed by atoms with Crippen molar-refractivity contribution in [3.63, 3.8) is 0 Å². The second-order valence-corrected chi connectivity index (χ2v) is 6.23. The van der Waals surface area contributed by atoms with Gasteiger partial charge in [-0.25, -0.2) is 0 Å². The molecule has 0 spiro atoms. The normalized spacial score (nSPS) is 34.2. The first kappa shape index (κ1) is 12.7. The van der Waals surface area contributed by atoms with E-state index >= 15 is 0 Å². The van der Waals surface area contributed by atoms with Gasteiger partial charge in [-0.3, -0.25) is 0 Å². The summed E-state index contributed by atoms with van der Waals surface area (Å²) in [5.41, 5.74) is 8.98. The fraction of sp³-hybridized carbons (Fsp3) is 0.529. The number of allylic oxidation sites excluding steroid dienone is 2. The van der Waals surface area contributed by atoms with Gasteiger partial charge in [-0.2, -0.15) is 0 Å². The summed E-state index contributed by atoms with van der Waals surface area (Å²) in [6.45, 7) is 4.53. The molecule has 2 N–H and O–H groups in total. The lowest BCUT2D eigenvalue weighted by Gasteiger charge is -2.37. The van der Waals surface area contributed by atoms with Gasteiger partial charge in [-0.15, -0.1) is 0 Å². The van der Waals surface area contributed by atoms with E-state index in [1.807, 2.05) is 12.1 Å². The van der Waals surface area contributed by atoms with E-state index in [9.17, 15) is 0 Å². The lowest BCUT2D eigenvalue weighted by molar-refractivity contribution is 0.0858. The van der Waals surface area contributed by atoms with Crippen molar-refractivity contribution in [3.8, 4) is 5.75 Å². The molecule has 0 aromatic heterocycles. The van der Waals surface area contributed by atoms with Crippen molar-refractivity contribution in [2.75, 3.05) is 0 Å². The fourth-order valence-corrected chi connectivity index (χ4v) is 3.65. The zero-order valence-electron chi connectivity index (χ0n) is 11.8. The first-order valence-corrected chi connectivity index (χ1v) is 7.32. The molecule has 2 aliphatic rings. The first-order chi connectivity index (χ1) is 9.13. The second kappa shape index (κ2) is 5.01. The average Bonchev–Trinajstić information content (AvgIpc) is 2.37. The molecule has 1 aliphatic carbocycles. The maximum Gasteiger partial charge on any atom is 0.124 e. The predicted molar refractivity (Wildman–Crippen MR) is 78.0 cm³/mol. The summed E-state index contributed by atoms with van der Waals surface area (Å²) in [5, 5.41) is 0. The van der Waals surface area contributed by atoms with E-state index in [-0.39, 0.29) is 12.1 Å². The molecule has 0 saturated carbocycles. The molecule has 0 amide bonds. The summed E-state index contributed by atoms with van der Waals surface area (Å²) >= 11 is 0. The SMILES string of the molecule is CC1=CC(C)CC(C2C[C@@H](N)c3ccccc3O2)C1. The molecule has 2 nitrogen and oxygen atoms in total. The Hall–Kier alpha value is -1.28. The van der Waals surface area contributed by atoms with Crippen LogP contribution in [0, 0.1) is 11.8 Å². The zero-order valence-corrected chi connectivity index (χ0v) is 11.8. The van der Waals surface area contributed by atoms with Crippen LogP contribution in [0.4, 0.5) is 0 Å². The summed E-state index contributed by atoms with van der Waals surface area (Å²) in [7, 11) is 0. The summed E-state index contributed by atoms with van der Waals surface area (Å²) in [6.07, 6.45) is 5.99. The molecule has 0 bridgehead atoms. The number of ether oxygens (including phenoxy) is 1. The largest absolute Gasteiger partial charge is 0.490 e. The highest BCUT2D eigenvalue weighted by molar-refractivity contribution is 5.37. The monoisotopic (exact) mass is 257 g/mol. The van der Waals surface area contributed by atoms with E-state index in [1.54, 1.807) is 0 Å². The molecule has 2 heteroatoms. The predicted octanol–water partition coefficient (Wildman–Crippen LogP) is 3.83. The van der Waals surface area contributed by atoms with Gasteiger partial charge in [0.1, 0.15) is 11.9 Å². The van der Waals surface area contributed by atoms with Crippen LogP contribution >= 0.6 is 0 Å². The highest BCUT2D eigenvalue weighted by Crippen LogP contribution is 2.40. The van der Waals surface area contributed by atoms with Crippen LogP contribution in [0.2, 0.25) is 0 Å². The Labute approximate surface area is 115 Å². The lowest BCUT2D eigenvalue weighted by Crippen LogP contribution is -2.37. The molecule has 102 valence electrons. The highest BCUT2D eigenvalue weighted by Gasteiger charge is 2.33. The topological polar surface area (TPSA) is 35.2 Å². The first-order valence-electron chi connectivity index (χ1n) is 7.32. The van der Waals surface area contributed by atoms with Gasteiger partial charge < -0.3 is 10.5 Å². The molecule has 3 unspecified atom stereocenters. The lowest BCUT2D eigenvalue weighted by atomic mass is 9.78. The third kappa shape index (κ3) is 2.55. The highest BCUT2D eigenvalue weighted by atomic mass is 16.5. The number of hydrogen-bond donors (Lipinski definition) is 1. The van der Waals surface area contributed by atoms with Crippen LogP contribution in [0.1, 0.15) is 44.7 Å². The Morgan fingerprint density at radius 3 is 2.79 bits per heavy atom. The number of fused-ring (bicyclic) bond motifs is 1. The standard InChI is InChI=1S/C17H23NO/c1-11-7-12(2)9-13(8-11)17-10-15(18)14-5-3-4-6-16(14)19-17/h3-7,11,13,15,17H,8-10,18H2,1-2H3/t11?,13?,15-,17?/m1/s1.